The highest BCUT2D eigenvalue weighted by atomic mass is 32.2. The van der Waals surface area contributed by atoms with Gasteiger partial charge in [0, 0.05) is 29.4 Å². The van der Waals surface area contributed by atoms with Gasteiger partial charge in [-0.3, -0.25) is 5.10 Å². The summed E-state index contributed by atoms with van der Waals surface area (Å²) in [5.41, 5.74) is 2.63. The molecule has 30 heavy (non-hydrogen) atoms. The van der Waals surface area contributed by atoms with Gasteiger partial charge in [0.1, 0.15) is 6.10 Å². The number of ether oxygens (including phenoxy) is 1. The van der Waals surface area contributed by atoms with E-state index in [0.29, 0.717) is 28.7 Å². The number of fused-ring (bicyclic) bond motifs is 1. The van der Waals surface area contributed by atoms with Crippen LogP contribution >= 0.6 is 0 Å². The summed E-state index contributed by atoms with van der Waals surface area (Å²) in [6.45, 7) is 3.81. The number of carbonyl (C=O) groups is 1. The number of benzene rings is 1. The molecule has 1 aromatic carbocycles. The number of sulfone groups is 1. The Morgan fingerprint density at radius 1 is 1.20 bits per heavy atom. The van der Waals surface area contributed by atoms with Crippen molar-refractivity contribution in [1.29, 1.82) is 0 Å². The first-order valence-corrected chi connectivity index (χ1v) is 12.1. The molecule has 1 saturated carbocycles. The van der Waals surface area contributed by atoms with E-state index >= 15 is 0 Å². The van der Waals surface area contributed by atoms with Gasteiger partial charge in [0.15, 0.2) is 15.7 Å². The highest BCUT2D eigenvalue weighted by Crippen LogP contribution is 2.35. The second kappa shape index (κ2) is 8.29. The Kier molecular flexibility index (Phi) is 5.73. The number of hydrogen-bond donors (Lipinski definition) is 3. The minimum atomic E-state index is -3.16. The number of amides is 1. The van der Waals surface area contributed by atoms with Gasteiger partial charge in [0.05, 0.1) is 10.6 Å². The normalized spacial score (nSPS) is 22.5. The van der Waals surface area contributed by atoms with Gasteiger partial charge in [-0.25, -0.2) is 13.2 Å². The molecule has 0 bridgehead atoms. The fourth-order valence-electron chi connectivity index (χ4n) is 4.15. The molecular formula is C21H28N4O4S. The molecule has 2 aromatic rings. The fourth-order valence-corrected chi connectivity index (χ4v) is 5.74. The number of alkyl carbamates (subject to hydrolysis) is 1. The van der Waals surface area contributed by atoms with Gasteiger partial charge in [0.2, 0.25) is 0 Å². The Labute approximate surface area is 176 Å². The van der Waals surface area contributed by atoms with Crippen molar-refractivity contribution in [2.45, 2.75) is 68.9 Å². The number of nitrogens with one attached hydrogen (secondary N) is 3. The van der Waals surface area contributed by atoms with Crippen LogP contribution in [0.1, 0.15) is 56.7 Å². The first-order valence-electron chi connectivity index (χ1n) is 10.5. The predicted octanol–water partition coefficient (Wildman–Crippen LogP) is 3.64. The molecular weight excluding hydrogens is 404 g/mol. The monoisotopic (exact) mass is 432 g/mol. The van der Waals surface area contributed by atoms with Crippen molar-refractivity contribution in [2.24, 2.45) is 0 Å². The van der Waals surface area contributed by atoms with Crippen molar-refractivity contribution in [1.82, 2.24) is 15.5 Å². The lowest BCUT2D eigenvalue weighted by Gasteiger charge is -2.27. The molecule has 0 spiro atoms. The van der Waals surface area contributed by atoms with Gasteiger partial charge >= 0.3 is 6.09 Å². The molecule has 162 valence electrons. The molecule has 4 rings (SSSR count). The van der Waals surface area contributed by atoms with Crippen LogP contribution < -0.4 is 10.6 Å². The first-order chi connectivity index (χ1) is 14.3. The lowest BCUT2D eigenvalue weighted by Crippen LogP contribution is -2.34. The summed E-state index contributed by atoms with van der Waals surface area (Å²) in [6, 6.07) is 7.48. The number of H-pyrrole nitrogens is 1. The maximum Gasteiger partial charge on any atom is 0.407 e. The van der Waals surface area contributed by atoms with Crippen molar-refractivity contribution in [3.05, 3.63) is 35.5 Å². The Bertz CT molecular complexity index is 1020. The molecule has 2 heterocycles. The summed E-state index contributed by atoms with van der Waals surface area (Å²) in [5.74, 6) is 1.18. The zero-order valence-corrected chi connectivity index (χ0v) is 18.1. The Hall–Kier alpha value is -2.55. The zero-order chi connectivity index (χ0) is 21.3. The van der Waals surface area contributed by atoms with Crippen molar-refractivity contribution in [3.63, 3.8) is 0 Å². The summed E-state index contributed by atoms with van der Waals surface area (Å²) in [5, 5.41) is 13.4. The van der Waals surface area contributed by atoms with E-state index in [1.165, 1.54) is 0 Å². The zero-order valence-electron chi connectivity index (χ0n) is 17.3. The smallest absolute Gasteiger partial charge is 0.407 e. The van der Waals surface area contributed by atoms with Gasteiger partial charge < -0.3 is 15.4 Å². The molecule has 0 saturated heterocycles. The van der Waals surface area contributed by atoms with Crippen LogP contribution in [0.15, 0.2) is 29.2 Å². The van der Waals surface area contributed by atoms with E-state index in [-0.39, 0.29) is 24.0 Å². The summed E-state index contributed by atoms with van der Waals surface area (Å²) in [4.78, 5) is 12.2. The highest BCUT2D eigenvalue weighted by Gasteiger charge is 2.27. The molecule has 0 unspecified atom stereocenters. The third-order valence-corrected chi connectivity index (χ3v) is 7.50. The minimum Gasteiger partial charge on any atom is -0.446 e. The van der Waals surface area contributed by atoms with Crippen LogP contribution in [0, 0.1) is 0 Å². The van der Waals surface area contributed by atoms with Gasteiger partial charge in [-0.1, -0.05) is 6.07 Å². The molecule has 2 aliphatic rings. The number of carbonyl (C=O) groups excluding carboxylic acids is 1. The minimum absolute atomic E-state index is 0.0473. The molecule has 1 aromatic heterocycles. The average Bonchev–Trinajstić information content (AvgIpc) is 3.26. The molecule has 8 nitrogen and oxygen atoms in total. The summed E-state index contributed by atoms with van der Waals surface area (Å²) >= 11 is 0. The van der Waals surface area contributed by atoms with Gasteiger partial charge in [-0.05, 0) is 63.6 Å². The van der Waals surface area contributed by atoms with E-state index in [1.807, 2.05) is 32.0 Å². The first kappa shape index (κ1) is 20.7. The van der Waals surface area contributed by atoms with Crippen molar-refractivity contribution >= 4 is 27.4 Å². The van der Waals surface area contributed by atoms with E-state index in [4.69, 9.17) is 4.74 Å². The molecule has 1 aliphatic carbocycles. The third-order valence-electron chi connectivity index (χ3n) is 5.71. The maximum absolute atomic E-state index is 12.1. The van der Waals surface area contributed by atoms with Crippen molar-refractivity contribution < 1.29 is 17.9 Å². The SMILES string of the molecule is CC(C)NC(=O)OC1CCC(c2cc(Nc3ccc4c(c3)S(=O)(=O)CC4)n[nH]2)CC1. The quantitative estimate of drug-likeness (QED) is 0.665. The number of aromatic nitrogens is 2. The summed E-state index contributed by atoms with van der Waals surface area (Å²) in [6.07, 6.45) is 3.65. The highest BCUT2D eigenvalue weighted by molar-refractivity contribution is 7.91. The molecule has 3 N–H and O–H groups in total. The fraction of sp³-hybridized carbons (Fsp3) is 0.524. The lowest BCUT2D eigenvalue weighted by atomic mass is 9.85. The van der Waals surface area contributed by atoms with Crippen LogP contribution in [-0.4, -0.2) is 42.6 Å². The van der Waals surface area contributed by atoms with Crippen LogP contribution in [0.25, 0.3) is 0 Å². The van der Waals surface area contributed by atoms with Crippen LogP contribution in [0.4, 0.5) is 16.3 Å². The summed E-state index contributed by atoms with van der Waals surface area (Å²) < 4.78 is 29.7. The van der Waals surface area contributed by atoms with Crippen LogP contribution in [-0.2, 0) is 21.0 Å². The maximum atomic E-state index is 12.1. The van der Waals surface area contributed by atoms with E-state index < -0.39 is 9.84 Å². The molecule has 1 aliphatic heterocycles. The Morgan fingerprint density at radius 2 is 1.97 bits per heavy atom. The van der Waals surface area contributed by atoms with Crippen molar-refractivity contribution in [3.8, 4) is 0 Å². The van der Waals surface area contributed by atoms with Crippen LogP contribution in [0.5, 0.6) is 0 Å². The van der Waals surface area contributed by atoms with Gasteiger partial charge in [-0.2, -0.15) is 5.10 Å². The Morgan fingerprint density at radius 3 is 2.70 bits per heavy atom. The number of hydrogen-bond acceptors (Lipinski definition) is 6. The second-order valence-corrected chi connectivity index (χ2v) is 10.5. The van der Waals surface area contributed by atoms with E-state index in [0.717, 1.165) is 36.9 Å². The number of rotatable bonds is 5. The van der Waals surface area contributed by atoms with E-state index in [9.17, 15) is 13.2 Å². The number of aromatic amines is 1. The molecule has 1 fully saturated rings. The molecule has 0 radical (unpaired) electrons. The summed E-state index contributed by atoms with van der Waals surface area (Å²) in [7, 11) is -3.16. The second-order valence-electron chi connectivity index (χ2n) is 8.40. The third kappa shape index (κ3) is 4.61. The lowest BCUT2D eigenvalue weighted by molar-refractivity contribution is 0.0697. The topological polar surface area (TPSA) is 113 Å². The van der Waals surface area contributed by atoms with Crippen LogP contribution in [0.2, 0.25) is 0 Å². The van der Waals surface area contributed by atoms with E-state index in [1.54, 1.807) is 6.07 Å². The number of anilines is 2. The van der Waals surface area contributed by atoms with E-state index in [2.05, 4.69) is 20.8 Å². The number of nitrogens with zero attached hydrogens (tertiary/aromatic N) is 1. The van der Waals surface area contributed by atoms with Gasteiger partial charge in [0.25, 0.3) is 0 Å². The van der Waals surface area contributed by atoms with Gasteiger partial charge in [-0.15, -0.1) is 0 Å². The molecule has 1 amide bonds. The van der Waals surface area contributed by atoms with Crippen LogP contribution in [0.3, 0.4) is 0 Å². The predicted molar refractivity (Wildman–Crippen MR) is 114 cm³/mol. The standard InChI is InChI=1S/C21H28N4O4S/c1-13(2)22-21(26)29-17-7-4-14(5-8-17)18-12-20(25-24-18)23-16-6-3-15-9-10-30(27,28)19(15)11-16/h3,6,11-14,17H,4-5,7-10H2,1-2H3,(H,22,26)(H2,23,24,25). The number of aryl methyl sites for hydroxylation is 1. The largest absolute Gasteiger partial charge is 0.446 e. The Balaban J connectivity index is 1.34. The van der Waals surface area contributed by atoms with Crippen molar-refractivity contribution in [2.75, 3.05) is 11.1 Å². The average molecular weight is 433 g/mol. The molecule has 9 heteroatoms. The molecule has 0 atom stereocenters.